The van der Waals surface area contributed by atoms with Crippen molar-refractivity contribution in [3.8, 4) is 11.6 Å². The molecule has 0 bridgehead atoms. The minimum absolute atomic E-state index is 0.0417. The lowest BCUT2D eigenvalue weighted by molar-refractivity contribution is -0.155. The molecular formula is C34H46N6O10. The van der Waals surface area contributed by atoms with Crippen molar-refractivity contribution in [1.82, 2.24) is 29.8 Å². The number of nitrogens with zero attached hydrogens (tertiary/aromatic N) is 5. The maximum Gasteiger partial charge on any atom is 0.409 e. The Morgan fingerprint density at radius 2 is 1.64 bits per heavy atom. The molecule has 2 aromatic rings. The van der Waals surface area contributed by atoms with E-state index in [1.54, 1.807) is 58.0 Å². The van der Waals surface area contributed by atoms with Crippen LogP contribution in [0.3, 0.4) is 0 Å². The number of amides is 4. The van der Waals surface area contributed by atoms with Crippen molar-refractivity contribution < 1.29 is 48.1 Å². The van der Waals surface area contributed by atoms with Gasteiger partial charge >= 0.3 is 18.0 Å². The normalized spacial score (nSPS) is 17.5. The van der Waals surface area contributed by atoms with Crippen molar-refractivity contribution in [3.05, 3.63) is 42.1 Å². The van der Waals surface area contributed by atoms with E-state index in [1.165, 1.54) is 32.4 Å². The minimum Gasteiger partial charge on any atom is -0.480 e. The average Bonchev–Trinajstić information content (AvgIpc) is 3.74. The number of piperazine rings is 1. The van der Waals surface area contributed by atoms with E-state index in [4.69, 9.17) is 14.2 Å². The standard InChI is InChI=1S/C34H46N6O10/c1-6-48-33(47)38-19-17-37(18-20-38)31(44)24(14-15-28(41)50-34(3,4)5)35-29(42)25-21-27(40(36-25)23-11-8-7-9-12-23)49-22(2)30(43)39-16-10-13-26(39)32(45)46/h7-9,11-12,21-22,24,26H,6,10,13-20H2,1-5H3,(H,35,42)(H,45,46)/t22-,24+,26+/m1/s1. The molecule has 16 nitrogen and oxygen atoms in total. The molecule has 0 radical (unpaired) electrons. The number of benzene rings is 1. The van der Waals surface area contributed by atoms with Gasteiger partial charge in [-0.1, -0.05) is 18.2 Å². The molecule has 1 aromatic heterocycles. The summed E-state index contributed by atoms with van der Waals surface area (Å²) in [6.45, 7) is 9.76. The summed E-state index contributed by atoms with van der Waals surface area (Å²) in [6.07, 6.45) is -0.907. The van der Waals surface area contributed by atoms with E-state index in [0.29, 0.717) is 18.5 Å². The summed E-state index contributed by atoms with van der Waals surface area (Å²) >= 11 is 0. The second-order valence-corrected chi connectivity index (χ2v) is 13.1. The molecular weight excluding hydrogens is 652 g/mol. The predicted molar refractivity (Wildman–Crippen MR) is 178 cm³/mol. The molecule has 272 valence electrons. The molecule has 0 spiro atoms. The number of para-hydroxylation sites is 1. The first kappa shape index (κ1) is 37.7. The van der Waals surface area contributed by atoms with Crippen LogP contribution in [0.2, 0.25) is 0 Å². The van der Waals surface area contributed by atoms with Gasteiger partial charge in [0.25, 0.3) is 11.8 Å². The van der Waals surface area contributed by atoms with Crippen LogP contribution < -0.4 is 10.1 Å². The summed E-state index contributed by atoms with van der Waals surface area (Å²) in [5.41, 5.74) is -0.357. The van der Waals surface area contributed by atoms with Gasteiger partial charge in [-0.2, -0.15) is 5.10 Å². The van der Waals surface area contributed by atoms with E-state index in [1.807, 2.05) is 0 Å². The van der Waals surface area contributed by atoms with Crippen LogP contribution in [0.15, 0.2) is 36.4 Å². The van der Waals surface area contributed by atoms with Crippen molar-refractivity contribution in [2.45, 2.75) is 84.1 Å². The van der Waals surface area contributed by atoms with Gasteiger partial charge in [0.15, 0.2) is 11.8 Å². The SMILES string of the molecule is CCOC(=O)N1CCN(C(=O)[C@H](CCC(=O)OC(C)(C)C)NC(=O)c2cc(O[C@H](C)C(=O)N3CCC[C@H]3C(=O)O)n(-c3ccccc3)n2)CC1. The number of aromatic nitrogens is 2. The van der Waals surface area contributed by atoms with E-state index < -0.39 is 59.5 Å². The number of rotatable bonds is 12. The Bertz CT molecular complexity index is 1550. The van der Waals surface area contributed by atoms with Gasteiger partial charge in [0.2, 0.25) is 11.8 Å². The van der Waals surface area contributed by atoms with Crippen LogP contribution in [-0.2, 0) is 28.7 Å². The van der Waals surface area contributed by atoms with Crippen molar-refractivity contribution in [2.75, 3.05) is 39.3 Å². The molecule has 2 saturated heterocycles. The number of esters is 1. The molecule has 4 rings (SSSR count). The Hall–Kier alpha value is -5.15. The number of hydrogen-bond donors (Lipinski definition) is 2. The average molecular weight is 699 g/mol. The van der Waals surface area contributed by atoms with Gasteiger partial charge in [0.05, 0.1) is 12.3 Å². The Labute approximate surface area is 290 Å². The van der Waals surface area contributed by atoms with Crippen molar-refractivity contribution in [3.63, 3.8) is 0 Å². The Balaban J connectivity index is 1.55. The van der Waals surface area contributed by atoms with Gasteiger partial charge in [-0.3, -0.25) is 19.2 Å². The van der Waals surface area contributed by atoms with Crippen molar-refractivity contribution in [1.29, 1.82) is 0 Å². The third-order valence-electron chi connectivity index (χ3n) is 8.15. The van der Waals surface area contributed by atoms with Gasteiger partial charge in [-0.25, -0.2) is 14.3 Å². The fourth-order valence-electron chi connectivity index (χ4n) is 5.75. The van der Waals surface area contributed by atoms with E-state index >= 15 is 0 Å². The van der Waals surface area contributed by atoms with Gasteiger partial charge in [0, 0.05) is 45.2 Å². The Morgan fingerprint density at radius 3 is 2.26 bits per heavy atom. The highest BCUT2D eigenvalue weighted by Crippen LogP contribution is 2.24. The number of carbonyl (C=O) groups is 6. The first-order valence-electron chi connectivity index (χ1n) is 16.8. The highest BCUT2D eigenvalue weighted by molar-refractivity contribution is 5.96. The number of carboxylic acid groups (broad SMARTS) is 1. The minimum atomic E-state index is -1.14. The van der Waals surface area contributed by atoms with Gasteiger partial charge in [-0.15, -0.1) is 0 Å². The summed E-state index contributed by atoms with van der Waals surface area (Å²) in [6, 6.07) is 7.98. The molecule has 2 aliphatic heterocycles. The first-order chi connectivity index (χ1) is 23.7. The molecule has 0 aliphatic carbocycles. The third kappa shape index (κ3) is 9.72. The monoisotopic (exact) mass is 698 g/mol. The molecule has 3 heterocycles. The molecule has 2 fully saturated rings. The van der Waals surface area contributed by atoms with Crippen LogP contribution in [0.4, 0.5) is 4.79 Å². The summed E-state index contributed by atoms with van der Waals surface area (Å²) in [7, 11) is 0. The summed E-state index contributed by atoms with van der Waals surface area (Å²) in [5.74, 6) is -3.28. The second-order valence-electron chi connectivity index (χ2n) is 13.1. The first-order valence-corrected chi connectivity index (χ1v) is 16.8. The number of ether oxygens (including phenoxy) is 3. The molecule has 4 amide bonds. The zero-order chi connectivity index (χ0) is 36.6. The highest BCUT2D eigenvalue weighted by atomic mass is 16.6. The van der Waals surface area contributed by atoms with Gasteiger partial charge in [0.1, 0.15) is 17.7 Å². The third-order valence-corrected chi connectivity index (χ3v) is 8.15. The fraction of sp³-hybridized carbons (Fsp3) is 0.559. The van der Waals surface area contributed by atoms with Crippen molar-refractivity contribution >= 4 is 35.8 Å². The number of carbonyl (C=O) groups excluding carboxylic acids is 5. The lowest BCUT2D eigenvalue weighted by atomic mass is 10.1. The maximum absolute atomic E-state index is 13.8. The molecule has 16 heteroatoms. The Kier molecular flexibility index (Phi) is 12.4. The Morgan fingerprint density at radius 1 is 0.980 bits per heavy atom. The number of likely N-dealkylation sites (tertiary alicyclic amines) is 1. The second kappa shape index (κ2) is 16.5. The van der Waals surface area contributed by atoms with Crippen LogP contribution in [0.5, 0.6) is 5.88 Å². The molecule has 1 aromatic carbocycles. The predicted octanol–water partition coefficient (Wildman–Crippen LogP) is 2.24. The number of aliphatic carboxylic acids is 1. The van der Waals surface area contributed by atoms with Crippen molar-refractivity contribution in [2.24, 2.45) is 0 Å². The van der Waals surface area contributed by atoms with E-state index in [2.05, 4.69) is 10.4 Å². The van der Waals surface area contributed by atoms with Gasteiger partial charge < -0.3 is 39.3 Å². The molecule has 0 unspecified atom stereocenters. The number of hydrogen-bond acceptors (Lipinski definition) is 10. The van der Waals surface area contributed by atoms with Crippen LogP contribution >= 0.6 is 0 Å². The lowest BCUT2D eigenvalue weighted by Gasteiger charge is -2.36. The molecule has 50 heavy (non-hydrogen) atoms. The quantitative estimate of drug-likeness (QED) is 0.309. The summed E-state index contributed by atoms with van der Waals surface area (Å²) in [5, 5.41) is 16.7. The zero-order valence-electron chi connectivity index (χ0n) is 29.1. The summed E-state index contributed by atoms with van der Waals surface area (Å²) in [4.78, 5) is 81.5. The van der Waals surface area contributed by atoms with Crippen LogP contribution in [0, 0.1) is 0 Å². The van der Waals surface area contributed by atoms with E-state index in [0.717, 1.165) is 0 Å². The largest absolute Gasteiger partial charge is 0.480 e. The zero-order valence-corrected chi connectivity index (χ0v) is 29.1. The van der Waals surface area contributed by atoms with Crippen LogP contribution in [-0.4, -0.2) is 128 Å². The molecule has 0 saturated carbocycles. The lowest BCUT2D eigenvalue weighted by Crippen LogP contribution is -2.56. The number of carboxylic acids is 1. The van der Waals surface area contributed by atoms with Gasteiger partial charge in [-0.05, 0) is 66.0 Å². The van der Waals surface area contributed by atoms with Crippen LogP contribution in [0.25, 0.3) is 5.69 Å². The molecule has 2 aliphatic rings. The fourth-order valence-corrected chi connectivity index (χ4v) is 5.75. The molecule has 3 atom stereocenters. The van der Waals surface area contributed by atoms with E-state index in [-0.39, 0.29) is 63.7 Å². The van der Waals surface area contributed by atoms with E-state index in [9.17, 15) is 33.9 Å². The number of nitrogens with one attached hydrogen (secondary N) is 1. The maximum atomic E-state index is 13.8. The summed E-state index contributed by atoms with van der Waals surface area (Å²) < 4.78 is 17.8. The molecule has 2 N–H and O–H groups in total. The highest BCUT2D eigenvalue weighted by Gasteiger charge is 2.37. The topological polar surface area (TPSA) is 190 Å². The smallest absolute Gasteiger partial charge is 0.409 e. The van der Waals surface area contributed by atoms with Crippen LogP contribution in [0.1, 0.15) is 70.8 Å².